The van der Waals surface area contributed by atoms with Gasteiger partial charge in [-0.3, -0.25) is 0 Å². The van der Waals surface area contributed by atoms with Crippen molar-refractivity contribution in [1.82, 2.24) is 29.9 Å². The van der Waals surface area contributed by atoms with E-state index in [1.165, 1.54) is 12.7 Å². The number of aromatic nitrogens is 6. The van der Waals surface area contributed by atoms with Crippen LogP contribution in [0.1, 0.15) is 21.7 Å². The van der Waals surface area contributed by atoms with E-state index in [0.717, 1.165) is 33.7 Å². The lowest BCUT2D eigenvalue weighted by Gasteiger charge is -2.04. The molecule has 7 rings (SSSR count). The molecule has 11 nitrogen and oxygen atoms in total. The molecule has 0 aliphatic carbocycles. The summed E-state index contributed by atoms with van der Waals surface area (Å²) in [5.41, 5.74) is 5.11. The van der Waals surface area contributed by atoms with Crippen molar-refractivity contribution in [3.05, 3.63) is 145 Å². The van der Waals surface area contributed by atoms with E-state index in [0.29, 0.717) is 28.6 Å². The third-order valence-electron chi connectivity index (χ3n) is 6.74. The van der Waals surface area contributed by atoms with Gasteiger partial charge in [0.05, 0.1) is 23.2 Å². The number of fused-ring (bicyclic) bond motifs is 2. The minimum absolute atomic E-state index is 0.00554. The molecule has 48 heavy (non-hydrogen) atoms. The summed E-state index contributed by atoms with van der Waals surface area (Å²) < 4.78 is 16.8. The lowest BCUT2D eigenvalue weighted by Crippen LogP contribution is -2.04. The zero-order chi connectivity index (χ0) is 33.0. The number of aliphatic hydroxyl groups is 1. The lowest BCUT2D eigenvalue weighted by molar-refractivity contribution is 0.0550. The van der Waals surface area contributed by atoms with E-state index in [1.54, 1.807) is 42.5 Å². The van der Waals surface area contributed by atoms with Gasteiger partial charge in [0.25, 0.3) is 0 Å². The largest absolute Gasteiger partial charge is 0.458 e. The van der Waals surface area contributed by atoms with Crippen LogP contribution >= 0.6 is 0 Å². The number of aromatic amines is 2. The monoisotopic (exact) mass is 638 g/mol. The van der Waals surface area contributed by atoms with Crippen LogP contribution in [0.15, 0.2) is 128 Å². The molecule has 0 fully saturated rings. The first-order valence-electron chi connectivity index (χ1n) is 15.0. The summed E-state index contributed by atoms with van der Waals surface area (Å²) in [7, 11) is 0. The quantitative estimate of drug-likeness (QED) is 0.131. The van der Waals surface area contributed by atoms with Crippen LogP contribution in [-0.2, 0) is 4.74 Å². The number of nitrogens with one attached hydrogen (secondary N) is 2. The van der Waals surface area contributed by atoms with E-state index in [1.807, 2.05) is 84.9 Å². The summed E-state index contributed by atoms with van der Waals surface area (Å²) in [5, 5.41) is 8.80. The second-order valence-corrected chi connectivity index (χ2v) is 10.1. The maximum Gasteiger partial charge on any atom is 0.338 e. The molecule has 0 radical (unpaired) electrons. The van der Waals surface area contributed by atoms with Gasteiger partial charge < -0.3 is 29.3 Å². The Hall–Kier alpha value is -6.59. The summed E-state index contributed by atoms with van der Waals surface area (Å²) in [4.78, 5) is 35.1. The molecule has 0 saturated heterocycles. The summed E-state index contributed by atoms with van der Waals surface area (Å²) in [5.74, 6) is 1.99. The number of carbonyl (C=O) groups is 1. The normalized spacial score (nSPS) is 11.1. The molecule has 11 heteroatoms. The zero-order valence-corrected chi connectivity index (χ0v) is 25.6. The molecular formula is C37H30N6O5. The van der Waals surface area contributed by atoms with Crippen LogP contribution in [0.5, 0.6) is 23.3 Å². The number of esters is 1. The van der Waals surface area contributed by atoms with Gasteiger partial charge in [0, 0.05) is 11.4 Å². The van der Waals surface area contributed by atoms with Gasteiger partial charge >= 0.3 is 5.97 Å². The number of rotatable bonds is 10. The van der Waals surface area contributed by atoms with Crippen molar-refractivity contribution in [3.63, 3.8) is 0 Å². The standard InChI is InChI=1S/C22H17N3O3.C15H13N3O2/c26-22(16-8-3-1-4-9-16)27-13-7-10-17-14-19-20(25-17)21(24-15-23-19)28-18-11-5-2-6-12-18;19-8-4-5-11-9-13-14(18-11)15(17-10-16-13)20-12-6-2-1-3-7-12/h1-12,14-15,25H,13H2;1-7,9-10,18-19H,8H2/b10-7+;5-4+. The number of aliphatic hydroxyl groups excluding tert-OH is 1. The van der Waals surface area contributed by atoms with Gasteiger partial charge in [-0.05, 0) is 66.8 Å². The lowest BCUT2D eigenvalue weighted by atomic mass is 10.2. The Labute approximate surface area is 275 Å². The van der Waals surface area contributed by atoms with Crippen molar-refractivity contribution in [1.29, 1.82) is 0 Å². The highest BCUT2D eigenvalue weighted by atomic mass is 16.5. The smallest absolute Gasteiger partial charge is 0.338 e. The number of hydrogen-bond donors (Lipinski definition) is 3. The number of nitrogens with zero attached hydrogens (tertiary/aromatic N) is 4. The maximum atomic E-state index is 11.9. The fourth-order valence-electron chi connectivity index (χ4n) is 4.54. The van der Waals surface area contributed by atoms with Crippen molar-refractivity contribution >= 4 is 40.2 Å². The molecule has 4 heterocycles. The summed E-state index contributed by atoms with van der Waals surface area (Å²) in [6.07, 6.45) is 9.95. The molecule has 0 bridgehead atoms. The number of para-hydroxylation sites is 2. The van der Waals surface area contributed by atoms with E-state index < -0.39 is 0 Å². The number of ether oxygens (including phenoxy) is 3. The van der Waals surface area contributed by atoms with E-state index in [-0.39, 0.29) is 19.2 Å². The van der Waals surface area contributed by atoms with Crippen molar-refractivity contribution in [3.8, 4) is 23.3 Å². The molecule has 0 amide bonds. The van der Waals surface area contributed by atoms with Crippen LogP contribution in [0, 0.1) is 0 Å². The fourth-order valence-corrected chi connectivity index (χ4v) is 4.54. The first-order valence-corrected chi connectivity index (χ1v) is 15.0. The Kier molecular flexibility index (Phi) is 10.2. The van der Waals surface area contributed by atoms with E-state index in [2.05, 4.69) is 29.9 Å². The Morgan fingerprint density at radius 3 is 1.62 bits per heavy atom. The van der Waals surface area contributed by atoms with Gasteiger partial charge in [0.2, 0.25) is 11.8 Å². The molecule has 3 N–H and O–H groups in total. The highest BCUT2D eigenvalue weighted by Crippen LogP contribution is 2.28. The van der Waals surface area contributed by atoms with E-state index in [4.69, 9.17) is 19.3 Å². The third-order valence-corrected chi connectivity index (χ3v) is 6.74. The molecule has 3 aromatic carbocycles. The zero-order valence-electron chi connectivity index (χ0n) is 25.6. The van der Waals surface area contributed by atoms with Gasteiger partial charge in [0.1, 0.15) is 41.8 Å². The molecule has 4 aromatic heterocycles. The second-order valence-electron chi connectivity index (χ2n) is 10.1. The highest BCUT2D eigenvalue weighted by molar-refractivity contribution is 5.89. The Balaban J connectivity index is 0.000000177. The molecule has 0 saturated carbocycles. The molecular weight excluding hydrogens is 608 g/mol. The maximum absolute atomic E-state index is 11.9. The number of H-pyrrole nitrogens is 2. The predicted molar refractivity (Wildman–Crippen MR) is 183 cm³/mol. The topological polar surface area (TPSA) is 148 Å². The fraction of sp³-hybridized carbons (Fsp3) is 0.0541. The Bertz CT molecular complexity index is 2150. The van der Waals surface area contributed by atoms with Crippen LogP contribution in [0.3, 0.4) is 0 Å². The molecule has 0 aliphatic rings. The first-order chi connectivity index (χ1) is 23.7. The van der Waals surface area contributed by atoms with E-state index in [9.17, 15) is 4.79 Å². The van der Waals surface area contributed by atoms with Gasteiger partial charge in [-0.2, -0.15) is 9.97 Å². The van der Waals surface area contributed by atoms with Crippen LogP contribution in [-0.4, -0.2) is 54.2 Å². The number of benzene rings is 3. The van der Waals surface area contributed by atoms with Gasteiger partial charge in [0.15, 0.2) is 0 Å². The minimum Gasteiger partial charge on any atom is -0.458 e. The third kappa shape index (κ3) is 8.16. The van der Waals surface area contributed by atoms with Gasteiger partial charge in [-0.25, -0.2) is 14.8 Å². The summed E-state index contributed by atoms with van der Waals surface area (Å²) in [6, 6.07) is 31.5. The van der Waals surface area contributed by atoms with Crippen LogP contribution in [0.4, 0.5) is 0 Å². The van der Waals surface area contributed by atoms with Gasteiger partial charge in [-0.1, -0.05) is 60.7 Å². The van der Waals surface area contributed by atoms with Crippen LogP contribution in [0.25, 0.3) is 34.2 Å². The average Bonchev–Trinajstić information content (AvgIpc) is 3.76. The molecule has 0 spiro atoms. The highest BCUT2D eigenvalue weighted by Gasteiger charge is 2.10. The summed E-state index contributed by atoms with van der Waals surface area (Å²) in [6.45, 7) is 0.163. The minimum atomic E-state index is -0.355. The molecule has 0 aliphatic heterocycles. The van der Waals surface area contributed by atoms with Crippen molar-refractivity contribution in [2.45, 2.75) is 0 Å². The van der Waals surface area contributed by atoms with Crippen molar-refractivity contribution in [2.75, 3.05) is 13.2 Å². The average molecular weight is 639 g/mol. The molecule has 0 atom stereocenters. The number of carbonyl (C=O) groups excluding carboxylic acids is 1. The first kappa shape index (κ1) is 31.4. The Morgan fingerprint density at radius 2 is 1.12 bits per heavy atom. The van der Waals surface area contributed by atoms with E-state index >= 15 is 0 Å². The summed E-state index contributed by atoms with van der Waals surface area (Å²) >= 11 is 0. The van der Waals surface area contributed by atoms with Crippen LogP contribution < -0.4 is 9.47 Å². The van der Waals surface area contributed by atoms with Crippen molar-refractivity contribution < 1.29 is 24.1 Å². The predicted octanol–water partition coefficient (Wildman–Crippen LogP) is 7.38. The Morgan fingerprint density at radius 1 is 0.646 bits per heavy atom. The molecule has 0 unspecified atom stereocenters. The van der Waals surface area contributed by atoms with Crippen LogP contribution in [0.2, 0.25) is 0 Å². The van der Waals surface area contributed by atoms with Gasteiger partial charge in [-0.15, -0.1) is 0 Å². The van der Waals surface area contributed by atoms with Crippen molar-refractivity contribution in [2.24, 2.45) is 0 Å². The second kappa shape index (κ2) is 15.6. The number of hydrogen-bond acceptors (Lipinski definition) is 9. The molecule has 238 valence electrons. The SMILES string of the molecule is O=C(OC/C=C/c1cc2ncnc(Oc3ccccc3)c2[nH]1)c1ccccc1.OC/C=C/c1cc2ncnc(Oc3ccccc3)c2[nH]1. The molecule has 7 aromatic rings.